The number of thiophene rings is 1. The molecule has 0 bridgehead atoms. The van der Waals surface area contributed by atoms with Crippen molar-refractivity contribution in [2.45, 2.75) is 19.5 Å². The number of likely N-dealkylation sites (N-methyl/N-ethyl adjacent to an activating group) is 1. The van der Waals surface area contributed by atoms with E-state index in [2.05, 4.69) is 27.0 Å². The van der Waals surface area contributed by atoms with Crippen LogP contribution in [0.1, 0.15) is 22.7 Å². The maximum atomic E-state index is 13.3. The van der Waals surface area contributed by atoms with Gasteiger partial charge in [0.25, 0.3) is 0 Å². The van der Waals surface area contributed by atoms with Crippen molar-refractivity contribution in [2.24, 2.45) is 0 Å². The van der Waals surface area contributed by atoms with Gasteiger partial charge in [-0.1, -0.05) is 36.4 Å². The number of nitrogens with zero attached hydrogens (tertiary/aromatic N) is 1. The number of anilines is 1. The highest BCUT2D eigenvalue weighted by Gasteiger charge is 2.26. The van der Waals surface area contributed by atoms with Crippen molar-refractivity contribution in [2.75, 3.05) is 19.5 Å². The Morgan fingerprint density at radius 3 is 2.63 bits per heavy atom. The second-order valence-electron chi connectivity index (χ2n) is 6.55. The summed E-state index contributed by atoms with van der Waals surface area (Å²) in [5.74, 6) is 0.573. The van der Waals surface area contributed by atoms with Gasteiger partial charge in [0.15, 0.2) is 0 Å². The Bertz CT molecular complexity index is 879. The Morgan fingerprint density at radius 2 is 1.96 bits per heavy atom. The van der Waals surface area contributed by atoms with Gasteiger partial charge in [0.05, 0.1) is 12.8 Å². The number of ether oxygens (including phenoxy) is 1. The summed E-state index contributed by atoms with van der Waals surface area (Å²) < 4.78 is 5.41. The summed E-state index contributed by atoms with van der Waals surface area (Å²) in [5.41, 5.74) is 3.91. The van der Waals surface area contributed by atoms with Crippen LogP contribution in [-0.4, -0.2) is 25.0 Å². The maximum Gasteiger partial charge on any atom is 0.246 e. The van der Waals surface area contributed by atoms with Gasteiger partial charge in [0.2, 0.25) is 5.91 Å². The minimum atomic E-state index is -0.406. The van der Waals surface area contributed by atoms with E-state index in [4.69, 9.17) is 4.74 Å². The van der Waals surface area contributed by atoms with E-state index < -0.39 is 6.04 Å². The molecule has 4 nitrogen and oxygen atoms in total. The van der Waals surface area contributed by atoms with Gasteiger partial charge in [0, 0.05) is 6.54 Å². The Labute approximate surface area is 164 Å². The van der Waals surface area contributed by atoms with E-state index in [1.165, 1.54) is 5.56 Å². The van der Waals surface area contributed by atoms with Crippen molar-refractivity contribution in [1.29, 1.82) is 0 Å². The van der Waals surface area contributed by atoms with Crippen LogP contribution in [-0.2, 0) is 11.3 Å². The molecule has 0 saturated heterocycles. The van der Waals surface area contributed by atoms with Gasteiger partial charge in [-0.2, -0.15) is 11.3 Å². The van der Waals surface area contributed by atoms with Crippen molar-refractivity contribution >= 4 is 22.9 Å². The van der Waals surface area contributed by atoms with E-state index >= 15 is 0 Å². The molecule has 0 radical (unpaired) electrons. The topological polar surface area (TPSA) is 41.6 Å². The molecule has 1 N–H and O–H groups in total. The van der Waals surface area contributed by atoms with Gasteiger partial charge in [-0.15, -0.1) is 0 Å². The zero-order chi connectivity index (χ0) is 19.2. The largest absolute Gasteiger partial charge is 0.495 e. The number of carbonyl (C=O) groups excluding carboxylic acids is 1. The molecule has 3 aromatic rings. The fraction of sp³-hybridized carbons (Fsp3) is 0.227. The molecule has 1 amide bonds. The molecule has 2 aromatic carbocycles. The Hall–Kier alpha value is -2.63. The molecule has 27 heavy (non-hydrogen) atoms. The van der Waals surface area contributed by atoms with Crippen molar-refractivity contribution in [3.05, 3.63) is 82.0 Å². The average molecular weight is 381 g/mol. The highest BCUT2D eigenvalue weighted by molar-refractivity contribution is 7.07. The summed E-state index contributed by atoms with van der Waals surface area (Å²) in [7, 11) is 3.58. The number of aryl methyl sites for hydroxylation is 1. The molecule has 1 atom stereocenters. The van der Waals surface area contributed by atoms with Gasteiger partial charge in [-0.25, -0.2) is 0 Å². The first-order valence-corrected chi connectivity index (χ1v) is 9.74. The molecule has 1 heterocycles. The van der Waals surface area contributed by atoms with Crippen molar-refractivity contribution in [3.63, 3.8) is 0 Å². The first-order chi connectivity index (χ1) is 13.1. The molecule has 0 unspecified atom stereocenters. The maximum absolute atomic E-state index is 13.3. The molecular weight excluding hydrogens is 356 g/mol. The summed E-state index contributed by atoms with van der Waals surface area (Å²) in [5, 5.41) is 7.22. The lowest BCUT2D eigenvalue weighted by Gasteiger charge is -2.27. The fourth-order valence-electron chi connectivity index (χ4n) is 3.12. The third-order valence-corrected chi connectivity index (χ3v) is 5.16. The summed E-state index contributed by atoms with van der Waals surface area (Å²) in [4.78, 5) is 15.3. The van der Waals surface area contributed by atoms with E-state index in [1.54, 1.807) is 18.4 Å². The Kier molecular flexibility index (Phi) is 6.27. The van der Waals surface area contributed by atoms with Gasteiger partial charge < -0.3 is 10.1 Å². The third kappa shape index (κ3) is 4.76. The number of amides is 1. The summed E-state index contributed by atoms with van der Waals surface area (Å²) in [6, 6.07) is 17.3. The standard InChI is InChI=1S/C22H24N2O2S/c1-16-9-10-20(26-3)19(13-16)23-22(25)21(18-7-5-4-6-8-18)24(2)14-17-11-12-27-15-17/h4-13,15,21H,14H2,1-3H3,(H,23,25)/t21-/m1/s1. The van der Waals surface area contributed by atoms with Crippen LogP contribution in [0.2, 0.25) is 0 Å². The molecule has 3 rings (SSSR count). The lowest BCUT2D eigenvalue weighted by molar-refractivity contribution is -0.121. The number of carbonyl (C=O) groups is 1. The van der Waals surface area contributed by atoms with Gasteiger partial charge >= 0.3 is 0 Å². The lowest BCUT2D eigenvalue weighted by Crippen LogP contribution is -2.34. The number of hydrogen-bond acceptors (Lipinski definition) is 4. The molecule has 0 fully saturated rings. The zero-order valence-corrected chi connectivity index (χ0v) is 16.6. The van der Waals surface area contributed by atoms with Crippen LogP contribution in [0.4, 0.5) is 5.69 Å². The number of methoxy groups -OCH3 is 1. The van der Waals surface area contributed by atoms with E-state index in [-0.39, 0.29) is 5.91 Å². The number of hydrogen-bond donors (Lipinski definition) is 1. The molecule has 0 aliphatic rings. The van der Waals surface area contributed by atoms with E-state index in [1.807, 2.05) is 62.5 Å². The second kappa shape index (κ2) is 8.84. The summed E-state index contributed by atoms with van der Waals surface area (Å²) in [6.45, 7) is 2.69. The predicted octanol–water partition coefficient (Wildman–Crippen LogP) is 4.88. The summed E-state index contributed by atoms with van der Waals surface area (Å²) in [6.07, 6.45) is 0. The molecule has 140 valence electrons. The molecular formula is C22H24N2O2S. The monoisotopic (exact) mass is 380 g/mol. The smallest absolute Gasteiger partial charge is 0.246 e. The minimum absolute atomic E-state index is 0.0807. The minimum Gasteiger partial charge on any atom is -0.495 e. The quantitative estimate of drug-likeness (QED) is 0.635. The van der Waals surface area contributed by atoms with Crippen molar-refractivity contribution in [1.82, 2.24) is 4.90 Å². The van der Waals surface area contributed by atoms with Crippen LogP contribution >= 0.6 is 11.3 Å². The summed E-state index contributed by atoms with van der Waals surface area (Å²) >= 11 is 1.66. The lowest BCUT2D eigenvalue weighted by atomic mass is 10.0. The van der Waals surface area contributed by atoms with E-state index in [9.17, 15) is 4.79 Å². The zero-order valence-electron chi connectivity index (χ0n) is 15.8. The number of nitrogens with one attached hydrogen (secondary N) is 1. The Balaban J connectivity index is 1.88. The van der Waals surface area contributed by atoms with Crippen LogP contribution < -0.4 is 10.1 Å². The van der Waals surface area contributed by atoms with Crippen LogP contribution in [0.5, 0.6) is 5.75 Å². The normalized spacial score (nSPS) is 12.0. The van der Waals surface area contributed by atoms with E-state index in [0.717, 1.165) is 11.1 Å². The van der Waals surface area contributed by atoms with E-state index in [0.29, 0.717) is 18.0 Å². The Morgan fingerprint density at radius 1 is 1.19 bits per heavy atom. The third-order valence-electron chi connectivity index (χ3n) is 4.43. The van der Waals surface area contributed by atoms with Gasteiger partial charge in [-0.3, -0.25) is 9.69 Å². The van der Waals surface area contributed by atoms with Crippen LogP contribution in [0.25, 0.3) is 0 Å². The highest BCUT2D eigenvalue weighted by atomic mass is 32.1. The molecule has 0 spiro atoms. The SMILES string of the molecule is COc1ccc(C)cc1NC(=O)[C@@H](c1ccccc1)N(C)Cc1ccsc1. The fourth-order valence-corrected chi connectivity index (χ4v) is 3.78. The predicted molar refractivity (Wildman–Crippen MR) is 111 cm³/mol. The van der Waals surface area contributed by atoms with Gasteiger partial charge in [-0.05, 0) is 59.6 Å². The van der Waals surface area contributed by atoms with Crippen molar-refractivity contribution < 1.29 is 9.53 Å². The van der Waals surface area contributed by atoms with Crippen molar-refractivity contribution in [3.8, 4) is 5.75 Å². The average Bonchev–Trinajstić information content (AvgIpc) is 3.16. The molecule has 1 aromatic heterocycles. The van der Waals surface area contributed by atoms with Gasteiger partial charge in [0.1, 0.15) is 11.8 Å². The number of benzene rings is 2. The first kappa shape index (κ1) is 19.1. The highest BCUT2D eigenvalue weighted by Crippen LogP contribution is 2.29. The molecule has 0 aliphatic heterocycles. The molecule has 0 saturated carbocycles. The number of rotatable bonds is 7. The first-order valence-electron chi connectivity index (χ1n) is 8.80. The van der Waals surface area contributed by atoms with Crippen LogP contribution in [0.15, 0.2) is 65.4 Å². The molecule has 0 aliphatic carbocycles. The van der Waals surface area contributed by atoms with Crippen LogP contribution in [0.3, 0.4) is 0 Å². The van der Waals surface area contributed by atoms with Crippen LogP contribution in [0, 0.1) is 6.92 Å². The second-order valence-corrected chi connectivity index (χ2v) is 7.33. The molecule has 5 heteroatoms.